The third-order valence-corrected chi connectivity index (χ3v) is 2.61. The van der Waals surface area contributed by atoms with Crippen molar-refractivity contribution in [3.05, 3.63) is 0 Å². The van der Waals surface area contributed by atoms with E-state index in [1.807, 2.05) is 11.9 Å². The van der Waals surface area contributed by atoms with E-state index in [0.29, 0.717) is 11.8 Å². The normalized spacial score (nSPS) is 21.8. The van der Waals surface area contributed by atoms with Gasteiger partial charge in [-0.25, -0.2) is 0 Å². The second kappa shape index (κ2) is 5.22. The molecule has 1 aliphatic heterocycles. The molecule has 0 aliphatic carbocycles. The molecule has 1 N–H and O–H groups in total. The van der Waals surface area contributed by atoms with Gasteiger partial charge in [0.15, 0.2) is 0 Å². The fourth-order valence-corrected chi connectivity index (χ4v) is 1.75. The summed E-state index contributed by atoms with van der Waals surface area (Å²) in [6.07, 6.45) is 2.93. The Morgan fingerprint density at radius 2 is 2.38 bits per heavy atom. The van der Waals surface area contributed by atoms with Crippen LogP contribution in [-0.4, -0.2) is 37.5 Å². The van der Waals surface area contributed by atoms with Crippen molar-refractivity contribution < 1.29 is 4.79 Å². The molecule has 1 fully saturated rings. The molecule has 0 saturated carbocycles. The summed E-state index contributed by atoms with van der Waals surface area (Å²) in [5.74, 6) is 0.877. The summed E-state index contributed by atoms with van der Waals surface area (Å²) in [7, 11) is 1.90. The predicted octanol–water partition coefficient (Wildman–Crippen LogP) is 0.854. The molecule has 1 heterocycles. The molecule has 13 heavy (non-hydrogen) atoms. The van der Waals surface area contributed by atoms with Crippen LogP contribution in [0.25, 0.3) is 0 Å². The third-order valence-electron chi connectivity index (χ3n) is 2.61. The van der Waals surface area contributed by atoms with Gasteiger partial charge in [0.25, 0.3) is 0 Å². The van der Waals surface area contributed by atoms with Crippen molar-refractivity contribution in [3.63, 3.8) is 0 Å². The Morgan fingerprint density at radius 3 is 2.92 bits per heavy atom. The van der Waals surface area contributed by atoms with Crippen LogP contribution >= 0.6 is 0 Å². The van der Waals surface area contributed by atoms with Crippen LogP contribution in [0.2, 0.25) is 0 Å². The maximum absolute atomic E-state index is 11.6. The van der Waals surface area contributed by atoms with Crippen LogP contribution in [0.5, 0.6) is 0 Å². The first-order valence-electron chi connectivity index (χ1n) is 5.18. The maximum atomic E-state index is 11.6. The second-order valence-corrected chi connectivity index (χ2v) is 3.88. The fraction of sp³-hybridized carbons (Fsp3) is 0.900. The Hall–Kier alpha value is -0.570. The molecular formula is C10H20N2O. The zero-order valence-corrected chi connectivity index (χ0v) is 8.68. The summed E-state index contributed by atoms with van der Waals surface area (Å²) in [5, 5.41) is 3.28. The smallest absolute Gasteiger partial charge is 0.222 e. The van der Waals surface area contributed by atoms with Gasteiger partial charge in [-0.3, -0.25) is 4.79 Å². The van der Waals surface area contributed by atoms with E-state index < -0.39 is 0 Å². The summed E-state index contributed by atoms with van der Waals surface area (Å²) in [6, 6.07) is 0. The number of carbonyl (C=O) groups excluding carboxylic acids is 1. The molecule has 3 nitrogen and oxygen atoms in total. The molecule has 0 spiro atoms. The van der Waals surface area contributed by atoms with Gasteiger partial charge in [-0.15, -0.1) is 0 Å². The number of amides is 1. The Balaban J connectivity index is 2.22. The van der Waals surface area contributed by atoms with Gasteiger partial charge in [-0.2, -0.15) is 0 Å². The molecule has 0 bridgehead atoms. The molecule has 1 rings (SSSR count). The highest BCUT2D eigenvalue weighted by Gasteiger charge is 2.19. The number of carbonyl (C=O) groups is 1. The Kier molecular flexibility index (Phi) is 4.22. The lowest BCUT2D eigenvalue weighted by Gasteiger charge is -2.17. The highest BCUT2D eigenvalue weighted by molar-refractivity contribution is 5.76. The number of hydrogen-bond donors (Lipinski definition) is 1. The highest BCUT2D eigenvalue weighted by atomic mass is 16.2. The van der Waals surface area contributed by atoms with Gasteiger partial charge in [0.1, 0.15) is 0 Å². The summed E-state index contributed by atoms with van der Waals surface area (Å²) < 4.78 is 0. The zero-order valence-electron chi connectivity index (χ0n) is 8.68. The molecule has 1 unspecified atom stereocenters. The van der Waals surface area contributed by atoms with Crippen LogP contribution in [0.4, 0.5) is 0 Å². The monoisotopic (exact) mass is 184 g/mol. The Morgan fingerprint density at radius 1 is 1.62 bits per heavy atom. The summed E-state index contributed by atoms with van der Waals surface area (Å²) in [6.45, 7) is 5.08. The minimum Gasteiger partial charge on any atom is -0.346 e. The molecule has 1 amide bonds. The average Bonchev–Trinajstić information content (AvgIpc) is 2.57. The first kappa shape index (κ1) is 10.5. The molecule has 0 aromatic rings. The molecule has 1 aliphatic rings. The lowest BCUT2D eigenvalue weighted by Crippen LogP contribution is -2.29. The van der Waals surface area contributed by atoms with E-state index in [-0.39, 0.29) is 0 Å². The number of nitrogens with zero attached hydrogens (tertiary/aromatic N) is 1. The van der Waals surface area contributed by atoms with E-state index in [4.69, 9.17) is 0 Å². The first-order chi connectivity index (χ1) is 6.24. The van der Waals surface area contributed by atoms with Gasteiger partial charge in [0.2, 0.25) is 5.91 Å². The number of rotatable bonds is 4. The third kappa shape index (κ3) is 3.35. The predicted molar refractivity (Wildman–Crippen MR) is 53.5 cm³/mol. The van der Waals surface area contributed by atoms with E-state index in [2.05, 4.69) is 12.2 Å². The summed E-state index contributed by atoms with van der Waals surface area (Å²) in [5.41, 5.74) is 0. The lowest BCUT2D eigenvalue weighted by molar-refractivity contribution is -0.130. The summed E-state index contributed by atoms with van der Waals surface area (Å²) >= 11 is 0. The Bertz CT molecular complexity index is 164. The largest absolute Gasteiger partial charge is 0.346 e. The van der Waals surface area contributed by atoms with Gasteiger partial charge in [0, 0.05) is 20.0 Å². The van der Waals surface area contributed by atoms with Gasteiger partial charge in [-0.1, -0.05) is 6.92 Å². The van der Waals surface area contributed by atoms with Crippen molar-refractivity contribution in [1.82, 2.24) is 10.2 Å². The van der Waals surface area contributed by atoms with Crippen molar-refractivity contribution in [3.8, 4) is 0 Å². The van der Waals surface area contributed by atoms with E-state index in [1.165, 1.54) is 0 Å². The molecule has 3 heteroatoms. The lowest BCUT2D eigenvalue weighted by atomic mass is 10.0. The van der Waals surface area contributed by atoms with Crippen molar-refractivity contribution in [2.24, 2.45) is 5.92 Å². The van der Waals surface area contributed by atoms with Crippen LogP contribution in [0.15, 0.2) is 0 Å². The molecule has 1 atom stereocenters. The van der Waals surface area contributed by atoms with Crippen molar-refractivity contribution in [1.29, 1.82) is 0 Å². The average molecular weight is 184 g/mol. The minimum atomic E-state index is 0.301. The van der Waals surface area contributed by atoms with Crippen molar-refractivity contribution in [2.75, 3.05) is 26.7 Å². The number of nitrogens with one attached hydrogen (secondary N) is 1. The molecule has 0 aromatic heterocycles. The Labute approximate surface area is 80.5 Å². The van der Waals surface area contributed by atoms with Gasteiger partial charge in [-0.05, 0) is 31.8 Å². The second-order valence-electron chi connectivity index (χ2n) is 3.88. The van der Waals surface area contributed by atoms with E-state index in [0.717, 1.165) is 38.9 Å². The van der Waals surface area contributed by atoms with Gasteiger partial charge < -0.3 is 10.2 Å². The molecule has 0 radical (unpaired) electrons. The quantitative estimate of drug-likeness (QED) is 0.702. The topological polar surface area (TPSA) is 32.3 Å². The summed E-state index contributed by atoms with van der Waals surface area (Å²) in [4.78, 5) is 13.4. The SMILES string of the molecule is CCCN(C)C(=O)CC1CCNC1. The van der Waals surface area contributed by atoms with E-state index in [9.17, 15) is 4.79 Å². The molecular weight excluding hydrogens is 164 g/mol. The van der Waals surface area contributed by atoms with Crippen molar-refractivity contribution in [2.45, 2.75) is 26.2 Å². The van der Waals surface area contributed by atoms with Crippen LogP contribution in [-0.2, 0) is 4.79 Å². The highest BCUT2D eigenvalue weighted by Crippen LogP contribution is 2.13. The number of hydrogen-bond acceptors (Lipinski definition) is 2. The van der Waals surface area contributed by atoms with Crippen molar-refractivity contribution >= 4 is 5.91 Å². The van der Waals surface area contributed by atoms with Crippen LogP contribution < -0.4 is 5.32 Å². The van der Waals surface area contributed by atoms with E-state index >= 15 is 0 Å². The van der Waals surface area contributed by atoms with Crippen LogP contribution in [0.1, 0.15) is 26.2 Å². The van der Waals surface area contributed by atoms with E-state index in [1.54, 1.807) is 0 Å². The van der Waals surface area contributed by atoms with Gasteiger partial charge in [0.05, 0.1) is 0 Å². The molecule has 1 saturated heterocycles. The standard InChI is InChI=1S/C10H20N2O/c1-3-6-12(2)10(13)7-9-4-5-11-8-9/h9,11H,3-8H2,1-2H3. The first-order valence-corrected chi connectivity index (χ1v) is 5.18. The fourth-order valence-electron chi connectivity index (χ4n) is 1.75. The van der Waals surface area contributed by atoms with Crippen LogP contribution in [0.3, 0.4) is 0 Å². The van der Waals surface area contributed by atoms with Gasteiger partial charge >= 0.3 is 0 Å². The molecule has 0 aromatic carbocycles. The molecule has 76 valence electrons. The van der Waals surface area contributed by atoms with Crippen LogP contribution in [0, 0.1) is 5.92 Å². The zero-order chi connectivity index (χ0) is 9.68. The minimum absolute atomic E-state index is 0.301. The maximum Gasteiger partial charge on any atom is 0.222 e.